The number of hydrogen-bond donors (Lipinski definition) is 1. The van der Waals surface area contributed by atoms with Crippen LogP contribution in [0.5, 0.6) is 0 Å². The van der Waals surface area contributed by atoms with E-state index in [0.29, 0.717) is 28.7 Å². The van der Waals surface area contributed by atoms with Crippen molar-refractivity contribution in [1.82, 2.24) is 10.1 Å². The van der Waals surface area contributed by atoms with Gasteiger partial charge in [-0.15, -0.1) is 11.8 Å². The number of nitro groups is 1. The maximum atomic E-state index is 12.6. The first-order valence-corrected chi connectivity index (χ1v) is 8.58. The number of benzene rings is 2. The van der Waals surface area contributed by atoms with Crippen LogP contribution in [0.1, 0.15) is 22.1 Å². The number of aryl methyl sites for hydroxylation is 1. The van der Waals surface area contributed by atoms with Crippen molar-refractivity contribution in [2.45, 2.75) is 17.6 Å². The van der Waals surface area contributed by atoms with Crippen molar-refractivity contribution >= 4 is 29.0 Å². The molecule has 3 aromatic rings. The summed E-state index contributed by atoms with van der Waals surface area (Å²) in [6.07, 6.45) is 0. The zero-order chi connectivity index (χ0) is 18.5. The van der Waals surface area contributed by atoms with Crippen molar-refractivity contribution in [2.75, 3.05) is 5.32 Å². The number of nitro benzene ring substituents is 1. The van der Waals surface area contributed by atoms with E-state index in [9.17, 15) is 14.9 Å². The maximum absolute atomic E-state index is 12.6. The highest BCUT2D eigenvalue weighted by Crippen LogP contribution is 2.27. The van der Waals surface area contributed by atoms with Crippen LogP contribution in [-0.4, -0.2) is 21.0 Å². The number of hydrogen-bond acceptors (Lipinski definition) is 7. The molecular formula is C17H14N4O4S. The molecule has 1 heterocycles. The number of anilines is 1. The number of nitrogens with one attached hydrogen (secondary N) is 1. The highest BCUT2D eigenvalue weighted by molar-refractivity contribution is 7.98. The number of carbonyl (C=O) groups is 1. The van der Waals surface area contributed by atoms with E-state index in [2.05, 4.69) is 15.5 Å². The number of rotatable bonds is 6. The van der Waals surface area contributed by atoms with Gasteiger partial charge in [0.2, 0.25) is 5.89 Å². The number of nitrogens with zero attached hydrogens (tertiary/aromatic N) is 3. The van der Waals surface area contributed by atoms with Crippen LogP contribution in [-0.2, 0) is 5.75 Å². The zero-order valence-electron chi connectivity index (χ0n) is 13.7. The van der Waals surface area contributed by atoms with Crippen molar-refractivity contribution in [3.8, 4) is 0 Å². The molecule has 0 fully saturated rings. The SMILES string of the molecule is Cc1noc(CSc2ccccc2C(=O)Nc2cccc([N+](=O)[O-])c2)n1. The van der Waals surface area contributed by atoms with Crippen LogP contribution in [0, 0.1) is 17.0 Å². The van der Waals surface area contributed by atoms with Gasteiger partial charge in [0.15, 0.2) is 5.82 Å². The summed E-state index contributed by atoms with van der Waals surface area (Å²) in [7, 11) is 0. The third kappa shape index (κ3) is 4.25. The molecule has 132 valence electrons. The average Bonchev–Trinajstić information content (AvgIpc) is 3.05. The Morgan fingerprint density at radius 1 is 1.27 bits per heavy atom. The molecule has 0 saturated carbocycles. The molecule has 2 aromatic carbocycles. The molecule has 26 heavy (non-hydrogen) atoms. The van der Waals surface area contributed by atoms with Crippen molar-refractivity contribution in [1.29, 1.82) is 0 Å². The molecule has 1 N–H and O–H groups in total. The van der Waals surface area contributed by atoms with Gasteiger partial charge in [0.05, 0.1) is 16.2 Å². The lowest BCUT2D eigenvalue weighted by atomic mass is 10.2. The van der Waals surface area contributed by atoms with Gasteiger partial charge in [-0.25, -0.2) is 0 Å². The smallest absolute Gasteiger partial charge is 0.271 e. The van der Waals surface area contributed by atoms with E-state index in [1.165, 1.54) is 30.0 Å². The fraction of sp³-hybridized carbons (Fsp3) is 0.118. The number of amides is 1. The predicted octanol–water partition coefficient (Wildman–Crippen LogP) is 3.83. The summed E-state index contributed by atoms with van der Waals surface area (Å²) in [6.45, 7) is 1.73. The Balaban J connectivity index is 1.75. The van der Waals surface area contributed by atoms with Crippen LogP contribution in [0.25, 0.3) is 0 Å². The van der Waals surface area contributed by atoms with Gasteiger partial charge in [0, 0.05) is 22.7 Å². The first kappa shape index (κ1) is 17.6. The maximum Gasteiger partial charge on any atom is 0.271 e. The minimum atomic E-state index is -0.508. The van der Waals surface area contributed by atoms with E-state index < -0.39 is 4.92 Å². The molecule has 0 unspecified atom stereocenters. The molecule has 0 aliphatic rings. The molecule has 1 amide bonds. The fourth-order valence-electron chi connectivity index (χ4n) is 2.21. The molecule has 0 bridgehead atoms. The van der Waals surface area contributed by atoms with Crippen molar-refractivity contribution < 1.29 is 14.2 Å². The summed E-state index contributed by atoms with van der Waals surface area (Å²) in [6, 6.07) is 12.9. The Labute approximate surface area is 152 Å². The van der Waals surface area contributed by atoms with Gasteiger partial charge >= 0.3 is 0 Å². The van der Waals surface area contributed by atoms with E-state index in [4.69, 9.17) is 4.52 Å². The largest absolute Gasteiger partial charge is 0.338 e. The highest BCUT2D eigenvalue weighted by Gasteiger charge is 2.14. The Bertz CT molecular complexity index is 957. The molecular weight excluding hydrogens is 356 g/mol. The first-order valence-electron chi connectivity index (χ1n) is 7.60. The number of non-ortho nitro benzene ring substituents is 1. The first-order chi connectivity index (χ1) is 12.5. The van der Waals surface area contributed by atoms with Crippen LogP contribution in [0.3, 0.4) is 0 Å². The second-order valence-corrected chi connectivity index (χ2v) is 6.30. The lowest BCUT2D eigenvalue weighted by molar-refractivity contribution is -0.384. The van der Waals surface area contributed by atoms with Crippen LogP contribution < -0.4 is 5.32 Å². The van der Waals surface area contributed by atoms with Crippen molar-refractivity contribution in [3.63, 3.8) is 0 Å². The standard InChI is InChI=1S/C17H14N4O4S/c1-11-18-16(25-20-11)10-26-15-8-3-2-7-14(15)17(22)19-12-5-4-6-13(9-12)21(23)24/h2-9H,10H2,1H3,(H,19,22). The Morgan fingerprint density at radius 3 is 2.81 bits per heavy atom. The molecule has 0 saturated heterocycles. The summed E-state index contributed by atoms with van der Waals surface area (Å²) < 4.78 is 5.07. The van der Waals surface area contributed by atoms with Gasteiger partial charge in [-0.1, -0.05) is 23.4 Å². The van der Waals surface area contributed by atoms with Gasteiger partial charge in [-0.2, -0.15) is 4.98 Å². The van der Waals surface area contributed by atoms with Crippen molar-refractivity contribution in [3.05, 3.63) is 75.9 Å². The van der Waals surface area contributed by atoms with E-state index in [1.54, 1.807) is 25.1 Å². The minimum absolute atomic E-state index is 0.0859. The normalized spacial score (nSPS) is 10.5. The van der Waals surface area contributed by atoms with E-state index >= 15 is 0 Å². The van der Waals surface area contributed by atoms with E-state index in [-0.39, 0.29) is 11.6 Å². The van der Waals surface area contributed by atoms with Gasteiger partial charge < -0.3 is 9.84 Å². The molecule has 1 aromatic heterocycles. The molecule has 0 aliphatic carbocycles. The summed E-state index contributed by atoms with van der Waals surface area (Å²) in [5.41, 5.74) is 0.731. The van der Waals surface area contributed by atoms with Gasteiger partial charge in [0.25, 0.3) is 11.6 Å². The number of aromatic nitrogens is 2. The molecule has 0 spiro atoms. The zero-order valence-corrected chi connectivity index (χ0v) is 14.5. The number of thioether (sulfide) groups is 1. The molecule has 0 radical (unpaired) electrons. The van der Waals surface area contributed by atoms with Gasteiger partial charge in [-0.05, 0) is 25.1 Å². The molecule has 0 atom stereocenters. The third-order valence-electron chi connectivity index (χ3n) is 3.37. The average molecular weight is 370 g/mol. The quantitative estimate of drug-likeness (QED) is 0.399. The topological polar surface area (TPSA) is 111 Å². The second kappa shape index (κ2) is 7.79. The van der Waals surface area contributed by atoms with Crippen LogP contribution >= 0.6 is 11.8 Å². The molecule has 0 aliphatic heterocycles. The number of carbonyl (C=O) groups excluding carboxylic acids is 1. The predicted molar refractivity (Wildman–Crippen MR) is 96.1 cm³/mol. The van der Waals surface area contributed by atoms with Crippen LogP contribution in [0.2, 0.25) is 0 Å². The lowest BCUT2D eigenvalue weighted by Crippen LogP contribution is -2.13. The van der Waals surface area contributed by atoms with Crippen molar-refractivity contribution in [2.24, 2.45) is 0 Å². The third-order valence-corrected chi connectivity index (χ3v) is 4.43. The Kier molecular flexibility index (Phi) is 5.28. The summed E-state index contributed by atoms with van der Waals surface area (Å²) >= 11 is 1.40. The molecule has 9 heteroatoms. The minimum Gasteiger partial charge on any atom is -0.338 e. The van der Waals surface area contributed by atoms with Gasteiger partial charge in [-0.3, -0.25) is 14.9 Å². The molecule has 8 nitrogen and oxygen atoms in total. The second-order valence-electron chi connectivity index (χ2n) is 5.28. The Hall–Kier alpha value is -3.20. The Morgan fingerprint density at radius 2 is 2.08 bits per heavy atom. The highest BCUT2D eigenvalue weighted by atomic mass is 32.2. The van der Waals surface area contributed by atoms with E-state index in [1.807, 2.05) is 12.1 Å². The lowest BCUT2D eigenvalue weighted by Gasteiger charge is -2.09. The van der Waals surface area contributed by atoms with Crippen LogP contribution in [0.4, 0.5) is 11.4 Å². The summed E-state index contributed by atoms with van der Waals surface area (Å²) in [5, 5.41) is 17.3. The summed E-state index contributed by atoms with van der Waals surface area (Å²) in [5.74, 6) is 1.11. The van der Waals surface area contributed by atoms with Gasteiger partial charge in [0.1, 0.15) is 0 Å². The fourth-order valence-corrected chi connectivity index (χ4v) is 3.10. The van der Waals surface area contributed by atoms with Crippen LogP contribution in [0.15, 0.2) is 57.9 Å². The van der Waals surface area contributed by atoms with E-state index in [0.717, 1.165) is 4.90 Å². The summed E-state index contributed by atoms with van der Waals surface area (Å²) in [4.78, 5) is 27.8. The monoisotopic (exact) mass is 370 g/mol. The molecule has 3 rings (SSSR count).